The highest BCUT2D eigenvalue weighted by atomic mass is 16.6. The zero-order valence-electron chi connectivity index (χ0n) is 9.58. The van der Waals surface area contributed by atoms with Gasteiger partial charge in [0.15, 0.2) is 0 Å². The van der Waals surface area contributed by atoms with Crippen LogP contribution in [0.25, 0.3) is 0 Å². The van der Waals surface area contributed by atoms with E-state index in [2.05, 4.69) is 14.4 Å². The Hall–Kier alpha value is -0.315. The van der Waals surface area contributed by atoms with Crippen molar-refractivity contribution in [2.75, 3.05) is 20.8 Å². The molecule has 1 saturated heterocycles. The van der Waals surface area contributed by atoms with Gasteiger partial charge in [0.25, 0.3) is 0 Å². The molecule has 0 bridgehead atoms. The average Bonchev–Trinajstić information content (AvgIpc) is 2.28. The van der Waals surface area contributed by atoms with E-state index in [0.29, 0.717) is 18.4 Å². The molecular formula is C11H17BO3. The summed E-state index contributed by atoms with van der Waals surface area (Å²) >= 11 is 0. The molecule has 5 atom stereocenters. The van der Waals surface area contributed by atoms with E-state index >= 15 is 0 Å². The summed E-state index contributed by atoms with van der Waals surface area (Å²) in [6.07, 6.45) is 1.01. The minimum absolute atomic E-state index is 0.125. The Morgan fingerprint density at radius 3 is 2.93 bits per heavy atom. The standard InChI is InChI=1S/C11H17BO3/c1-6-7-4-10(5-13-2)11(7,14-3)8(6)9(12)15-10/h7-9H,1,4-5,12H2,2-3H3/t7?,8?,9-,10-,11?/m1/s1. The predicted molar refractivity (Wildman–Crippen MR) is 58.5 cm³/mol. The molecule has 3 nitrogen and oxygen atoms in total. The smallest absolute Gasteiger partial charge is 0.140 e. The molecule has 3 aliphatic rings. The summed E-state index contributed by atoms with van der Waals surface area (Å²) < 4.78 is 17.2. The summed E-state index contributed by atoms with van der Waals surface area (Å²) in [6, 6.07) is 0.214. The van der Waals surface area contributed by atoms with Gasteiger partial charge in [-0.25, -0.2) is 0 Å². The van der Waals surface area contributed by atoms with Gasteiger partial charge in [0, 0.05) is 32.1 Å². The predicted octanol–water partition coefficient (Wildman–Crippen LogP) is -0.0479. The van der Waals surface area contributed by atoms with E-state index in [-0.39, 0.29) is 17.2 Å². The van der Waals surface area contributed by atoms with E-state index in [9.17, 15) is 0 Å². The average molecular weight is 208 g/mol. The van der Waals surface area contributed by atoms with Crippen LogP contribution in [0.5, 0.6) is 0 Å². The number of methoxy groups -OCH3 is 2. The van der Waals surface area contributed by atoms with Crippen molar-refractivity contribution in [2.45, 2.75) is 23.6 Å². The van der Waals surface area contributed by atoms with Gasteiger partial charge >= 0.3 is 0 Å². The van der Waals surface area contributed by atoms with E-state index in [1.165, 1.54) is 5.57 Å². The van der Waals surface area contributed by atoms with Crippen molar-refractivity contribution in [3.8, 4) is 0 Å². The molecule has 0 aromatic rings. The summed E-state index contributed by atoms with van der Waals surface area (Å²) in [7, 11) is 5.63. The third-order valence-electron chi connectivity index (χ3n) is 4.67. The molecule has 2 saturated carbocycles. The Kier molecular flexibility index (Phi) is 1.76. The number of hydrogen-bond donors (Lipinski definition) is 0. The van der Waals surface area contributed by atoms with Gasteiger partial charge in [0.2, 0.25) is 0 Å². The van der Waals surface area contributed by atoms with Crippen LogP contribution in [-0.4, -0.2) is 45.9 Å². The lowest BCUT2D eigenvalue weighted by molar-refractivity contribution is -0.284. The molecule has 4 heteroatoms. The molecule has 1 aliphatic heterocycles. The topological polar surface area (TPSA) is 27.7 Å². The third-order valence-corrected chi connectivity index (χ3v) is 4.67. The van der Waals surface area contributed by atoms with Crippen LogP contribution in [0.4, 0.5) is 0 Å². The van der Waals surface area contributed by atoms with Gasteiger partial charge < -0.3 is 14.2 Å². The largest absolute Gasteiger partial charge is 0.382 e. The van der Waals surface area contributed by atoms with Crippen molar-refractivity contribution < 1.29 is 14.2 Å². The van der Waals surface area contributed by atoms with Crippen LogP contribution in [0.1, 0.15) is 6.42 Å². The van der Waals surface area contributed by atoms with Crippen molar-refractivity contribution in [1.29, 1.82) is 0 Å². The molecular weight excluding hydrogens is 191 g/mol. The maximum Gasteiger partial charge on any atom is 0.140 e. The monoisotopic (exact) mass is 208 g/mol. The van der Waals surface area contributed by atoms with Crippen LogP contribution >= 0.6 is 0 Å². The summed E-state index contributed by atoms with van der Waals surface area (Å²) in [4.78, 5) is 0. The molecule has 2 aliphatic carbocycles. The Bertz CT molecular complexity index is 332. The Morgan fingerprint density at radius 2 is 2.33 bits per heavy atom. The Morgan fingerprint density at radius 1 is 1.60 bits per heavy atom. The quantitative estimate of drug-likeness (QED) is 0.480. The normalized spacial score (nSPS) is 55.9. The molecule has 0 amide bonds. The van der Waals surface area contributed by atoms with Gasteiger partial charge in [0.1, 0.15) is 19.0 Å². The van der Waals surface area contributed by atoms with Gasteiger partial charge in [-0.1, -0.05) is 12.2 Å². The highest BCUT2D eigenvalue weighted by Crippen LogP contribution is 2.73. The third kappa shape index (κ3) is 0.757. The first-order valence-electron chi connectivity index (χ1n) is 5.53. The fraction of sp³-hybridized carbons (Fsp3) is 0.818. The number of rotatable bonds is 3. The Labute approximate surface area is 91.2 Å². The first-order chi connectivity index (χ1) is 7.13. The number of ether oxygens (including phenoxy) is 3. The van der Waals surface area contributed by atoms with Crippen LogP contribution in [-0.2, 0) is 14.2 Å². The van der Waals surface area contributed by atoms with Crippen LogP contribution in [0, 0.1) is 11.8 Å². The van der Waals surface area contributed by atoms with Gasteiger partial charge in [0.05, 0.1) is 6.61 Å². The second-order valence-electron chi connectivity index (χ2n) is 5.06. The van der Waals surface area contributed by atoms with Gasteiger partial charge in [-0.3, -0.25) is 0 Å². The zero-order valence-corrected chi connectivity index (χ0v) is 9.58. The fourth-order valence-corrected chi connectivity index (χ4v) is 4.24. The number of hydrogen-bond acceptors (Lipinski definition) is 3. The van der Waals surface area contributed by atoms with Crippen molar-refractivity contribution in [1.82, 2.24) is 0 Å². The molecule has 3 fully saturated rings. The SMILES string of the molecule is B[C@@H]1O[C@@]2(COC)CC3C(=C)C1C32OC. The molecule has 0 N–H and O–H groups in total. The highest BCUT2D eigenvalue weighted by Gasteiger charge is 2.83. The zero-order chi connectivity index (χ0) is 10.8. The van der Waals surface area contributed by atoms with E-state index in [1.54, 1.807) is 14.2 Å². The lowest BCUT2D eigenvalue weighted by Gasteiger charge is -2.68. The Balaban J connectivity index is 1.99. The first-order valence-corrected chi connectivity index (χ1v) is 5.53. The van der Waals surface area contributed by atoms with E-state index in [0.717, 1.165) is 6.42 Å². The van der Waals surface area contributed by atoms with Gasteiger partial charge in [-0.2, -0.15) is 0 Å². The minimum Gasteiger partial charge on any atom is -0.382 e. The first kappa shape index (κ1) is 9.88. The second kappa shape index (κ2) is 2.68. The van der Waals surface area contributed by atoms with Crippen LogP contribution in [0.3, 0.4) is 0 Å². The van der Waals surface area contributed by atoms with Crippen LogP contribution in [0.15, 0.2) is 12.2 Å². The molecule has 0 spiro atoms. The summed E-state index contributed by atoms with van der Waals surface area (Å²) in [6.45, 7) is 4.79. The van der Waals surface area contributed by atoms with Crippen molar-refractivity contribution in [3.63, 3.8) is 0 Å². The van der Waals surface area contributed by atoms with E-state index in [1.807, 2.05) is 0 Å². The van der Waals surface area contributed by atoms with Gasteiger partial charge in [-0.15, -0.1) is 0 Å². The maximum absolute atomic E-state index is 6.10. The van der Waals surface area contributed by atoms with Gasteiger partial charge in [-0.05, 0) is 6.42 Å². The molecule has 15 heavy (non-hydrogen) atoms. The molecule has 1 heterocycles. The molecule has 3 rings (SSSR count). The van der Waals surface area contributed by atoms with Crippen LogP contribution in [0.2, 0.25) is 0 Å². The molecule has 0 aromatic carbocycles. The van der Waals surface area contributed by atoms with Crippen molar-refractivity contribution in [3.05, 3.63) is 12.2 Å². The van der Waals surface area contributed by atoms with Crippen LogP contribution < -0.4 is 0 Å². The lowest BCUT2D eigenvalue weighted by Crippen LogP contribution is -2.78. The van der Waals surface area contributed by atoms with E-state index in [4.69, 9.17) is 14.2 Å². The summed E-state index contributed by atoms with van der Waals surface area (Å²) in [5.41, 5.74) is 0.986. The van der Waals surface area contributed by atoms with E-state index < -0.39 is 0 Å². The minimum atomic E-state index is -0.202. The van der Waals surface area contributed by atoms with Crippen molar-refractivity contribution >= 4 is 7.85 Å². The van der Waals surface area contributed by atoms with Crippen molar-refractivity contribution in [2.24, 2.45) is 11.8 Å². The molecule has 3 unspecified atom stereocenters. The molecule has 0 radical (unpaired) electrons. The maximum atomic E-state index is 6.10. The molecule has 82 valence electrons. The highest BCUT2D eigenvalue weighted by molar-refractivity contribution is 6.12. The second-order valence-corrected chi connectivity index (χ2v) is 5.06. The summed E-state index contributed by atoms with van der Waals surface area (Å²) in [5.74, 6) is 0.865. The fourth-order valence-electron chi connectivity index (χ4n) is 4.24. The molecule has 0 aromatic heterocycles. The lowest BCUT2D eigenvalue weighted by atomic mass is 9.40. The summed E-state index contributed by atoms with van der Waals surface area (Å²) in [5, 5.41) is 0.